The van der Waals surface area contributed by atoms with Gasteiger partial charge in [0.15, 0.2) is 5.43 Å². The first-order valence-corrected chi connectivity index (χ1v) is 2.50. The minimum Gasteiger partial charge on any atom is -0.385 e. The van der Waals surface area contributed by atoms with E-state index in [1.54, 1.807) is 0 Å². The molecule has 1 aromatic heterocycles. The number of anilines is 1. The lowest BCUT2D eigenvalue weighted by Crippen LogP contribution is -2.42. The highest BCUT2D eigenvalue weighted by molar-refractivity contribution is 5.33. The highest BCUT2D eigenvalue weighted by Crippen LogP contribution is 1.92. The average molecular weight is 126 g/mol. The third-order valence-electron chi connectivity index (χ3n) is 0.919. The zero-order valence-corrected chi connectivity index (χ0v) is 4.85. The van der Waals surface area contributed by atoms with Gasteiger partial charge in [0.25, 0.3) is 0 Å². The van der Waals surface area contributed by atoms with Gasteiger partial charge < -0.3 is 11.5 Å². The maximum absolute atomic E-state index is 10.6. The number of H-pyrrole nitrogens is 1. The third-order valence-corrected chi connectivity index (χ3v) is 0.919. The van der Waals surface area contributed by atoms with Gasteiger partial charge in [-0.3, -0.25) is 9.78 Å². The number of nitrogens with two attached hydrogens (primary N) is 1. The molecule has 1 heterocycles. The normalized spacial score (nSPS) is 9.44. The van der Waals surface area contributed by atoms with Crippen molar-refractivity contribution < 1.29 is 5.73 Å². The summed E-state index contributed by atoms with van der Waals surface area (Å²) >= 11 is 0. The Morgan fingerprint density at radius 3 is 2.67 bits per heavy atom. The van der Waals surface area contributed by atoms with Gasteiger partial charge in [0.1, 0.15) is 5.82 Å². The molecular weight excluding hydrogens is 118 g/mol. The molecule has 6 N–H and O–H groups in total. The summed E-state index contributed by atoms with van der Waals surface area (Å²) in [6.07, 6.45) is 0. The molecule has 0 radical (unpaired) electrons. The van der Waals surface area contributed by atoms with E-state index in [1.165, 1.54) is 12.1 Å². The second-order valence-electron chi connectivity index (χ2n) is 1.80. The monoisotopic (exact) mass is 126 g/mol. The molecule has 1 aromatic rings. The smallest absolute Gasteiger partial charge is 0.205 e. The predicted octanol–water partition coefficient (Wildman–Crippen LogP) is -1.17. The Balaban J connectivity index is 3.33. The van der Waals surface area contributed by atoms with Gasteiger partial charge >= 0.3 is 0 Å². The molecule has 0 spiro atoms. The van der Waals surface area contributed by atoms with Gasteiger partial charge in [-0.25, -0.2) is 0 Å². The van der Waals surface area contributed by atoms with Crippen LogP contribution in [0.2, 0.25) is 0 Å². The maximum atomic E-state index is 10.6. The van der Waals surface area contributed by atoms with Crippen LogP contribution < -0.4 is 16.9 Å². The Bertz CT molecular complexity index is 242. The lowest BCUT2D eigenvalue weighted by molar-refractivity contribution is -0.260. The van der Waals surface area contributed by atoms with Gasteiger partial charge in [0.2, 0.25) is 5.82 Å². The number of hydrogen-bond donors (Lipinski definition) is 3. The maximum Gasteiger partial charge on any atom is 0.205 e. The molecule has 0 aliphatic rings. The van der Waals surface area contributed by atoms with Crippen molar-refractivity contribution in [3.05, 3.63) is 22.4 Å². The van der Waals surface area contributed by atoms with Crippen LogP contribution in [0.1, 0.15) is 0 Å². The lowest BCUT2D eigenvalue weighted by Gasteiger charge is -1.89. The van der Waals surface area contributed by atoms with Crippen LogP contribution in [0.15, 0.2) is 16.9 Å². The van der Waals surface area contributed by atoms with Crippen molar-refractivity contribution in [3.63, 3.8) is 0 Å². The minimum atomic E-state index is -0.115. The SMILES string of the molecule is Nc1cc(=O)cc([NH3+])[nH]1. The summed E-state index contributed by atoms with van der Waals surface area (Å²) in [6.45, 7) is 0. The molecule has 4 heteroatoms. The van der Waals surface area contributed by atoms with Crippen LogP contribution >= 0.6 is 0 Å². The topological polar surface area (TPSA) is 86.5 Å². The van der Waals surface area contributed by atoms with Crippen LogP contribution in [0.5, 0.6) is 0 Å². The summed E-state index contributed by atoms with van der Waals surface area (Å²) in [4.78, 5) is 13.2. The van der Waals surface area contributed by atoms with Crippen molar-refractivity contribution in [2.24, 2.45) is 0 Å². The molecule has 4 nitrogen and oxygen atoms in total. The summed E-state index contributed by atoms with van der Waals surface area (Å²) < 4.78 is 0. The van der Waals surface area contributed by atoms with Gasteiger partial charge in [-0.2, -0.15) is 0 Å². The van der Waals surface area contributed by atoms with E-state index in [1.807, 2.05) is 0 Å². The number of aromatic amines is 1. The highest BCUT2D eigenvalue weighted by atomic mass is 16.1. The molecule has 0 aromatic carbocycles. The number of aromatic nitrogens is 1. The Kier molecular flexibility index (Phi) is 1.24. The molecule has 1 rings (SSSR count). The van der Waals surface area contributed by atoms with E-state index in [4.69, 9.17) is 5.73 Å². The van der Waals surface area contributed by atoms with Crippen molar-refractivity contribution >= 4 is 11.6 Å². The van der Waals surface area contributed by atoms with Gasteiger partial charge in [0.05, 0.1) is 6.07 Å². The predicted molar refractivity (Wildman–Crippen MR) is 34.0 cm³/mol. The summed E-state index contributed by atoms with van der Waals surface area (Å²) in [5, 5.41) is 0. The van der Waals surface area contributed by atoms with Gasteiger partial charge in [0, 0.05) is 6.07 Å². The number of quaternary nitrogens is 1. The Morgan fingerprint density at radius 1 is 1.56 bits per heavy atom. The molecular formula is C5H8N3O+. The first kappa shape index (κ1) is 5.84. The van der Waals surface area contributed by atoms with E-state index < -0.39 is 0 Å². The van der Waals surface area contributed by atoms with Crippen LogP contribution in [0.4, 0.5) is 11.6 Å². The fraction of sp³-hybridized carbons (Fsp3) is 0. The molecule has 0 atom stereocenters. The standard InChI is InChI=1S/C5H7N3O/c6-4-1-3(9)2-5(7)8-4/h1-2H,(H5,6,7,8,9)/p+1. The summed E-state index contributed by atoms with van der Waals surface area (Å²) in [5.41, 5.74) is 8.66. The van der Waals surface area contributed by atoms with Crippen LogP contribution in [0.3, 0.4) is 0 Å². The molecule has 0 amide bonds. The lowest BCUT2D eigenvalue weighted by atomic mass is 10.4. The fourth-order valence-corrected chi connectivity index (χ4v) is 0.624. The van der Waals surface area contributed by atoms with Gasteiger partial charge in [-0.05, 0) is 0 Å². The molecule has 0 aliphatic carbocycles. The zero-order chi connectivity index (χ0) is 6.85. The largest absolute Gasteiger partial charge is 0.385 e. The second-order valence-corrected chi connectivity index (χ2v) is 1.80. The molecule has 9 heavy (non-hydrogen) atoms. The Morgan fingerprint density at radius 2 is 2.22 bits per heavy atom. The van der Waals surface area contributed by atoms with E-state index in [0.29, 0.717) is 11.6 Å². The molecule has 0 saturated heterocycles. The number of nitrogens with one attached hydrogen (secondary N) is 1. The summed E-state index contributed by atoms with van der Waals surface area (Å²) in [5.74, 6) is 0.896. The van der Waals surface area contributed by atoms with Crippen LogP contribution in [0.25, 0.3) is 0 Å². The number of rotatable bonds is 0. The molecule has 0 fully saturated rings. The quantitative estimate of drug-likeness (QED) is 0.409. The number of nitrogen functional groups attached to an aromatic ring is 1. The zero-order valence-electron chi connectivity index (χ0n) is 4.85. The van der Waals surface area contributed by atoms with Crippen LogP contribution in [0, 0.1) is 0 Å². The van der Waals surface area contributed by atoms with Crippen molar-refractivity contribution in [3.8, 4) is 0 Å². The van der Waals surface area contributed by atoms with Crippen molar-refractivity contribution in [2.45, 2.75) is 0 Å². The second kappa shape index (κ2) is 1.91. The molecule has 0 saturated carbocycles. The van der Waals surface area contributed by atoms with Crippen LogP contribution in [-0.2, 0) is 0 Å². The third kappa shape index (κ3) is 1.30. The van der Waals surface area contributed by atoms with E-state index in [2.05, 4.69) is 10.7 Å². The van der Waals surface area contributed by atoms with Crippen LogP contribution in [-0.4, -0.2) is 4.98 Å². The highest BCUT2D eigenvalue weighted by Gasteiger charge is 1.91. The van der Waals surface area contributed by atoms with E-state index in [0.717, 1.165) is 0 Å². The number of pyridine rings is 1. The fourth-order valence-electron chi connectivity index (χ4n) is 0.624. The summed E-state index contributed by atoms with van der Waals surface area (Å²) in [6, 6.07) is 2.70. The molecule has 0 aliphatic heterocycles. The van der Waals surface area contributed by atoms with E-state index >= 15 is 0 Å². The van der Waals surface area contributed by atoms with Gasteiger partial charge in [-0.15, -0.1) is 0 Å². The Labute approximate surface area is 51.5 Å². The molecule has 0 unspecified atom stereocenters. The minimum absolute atomic E-state index is 0.115. The Hall–Kier alpha value is -1.29. The molecule has 0 bridgehead atoms. The van der Waals surface area contributed by atoms with Crippen molar-refractivity contribution in [1.29, 1.82) is 0 Å². The first-order valence-electron chi connectivity index (χ1n) is 2.50. The van der Waals surface area contributed by atoms with E-state index in [-0.39, 0.29) is 5.43 Å². The van der Waals surface area contributed by atoms with Crippen molar-refractivity contribution in [1.82, 2.24) is 4.98 Å². The average Bonchev–Trinajstić information content (AvgIpc) is 1.59. The van der Waals surface area contributed by atoms with Gasteiger partial charge in [-0.1, -0.05) is 0 Å². The number of hydrogen-bond acceptors (Lipinski definition) is 2. The van der Waals surface area contributed by atoms with E-state index in [9.17, 15) is 4.79 Å². The first-order chi connectivity index (χ1) is 4.18. The van der Waals surface area contributed by atoms with Crippen molar-refractivity contribution in [2.75, 3.05) is 5.73 Å². The summed E-state index contributed by atoms with van der Waals surface area (Å²) in [7, 11) is 0. The molecule has 48 valence electrons.